The molecule has 6 atom stereocenters. The Bertz CT molecular complexity index is 3720. The van der Waals surface area contributed by atoms with Gasteiger partial charge in [-0.3, -0.25) is 28.5 Å². The summed E-state index contributed by atoms with van der Waals surface area (Å²) in [7, 11) is -18.6. The molecule has 3 unspecified atom stereocenters. The predicted octanol–water partition coefficient (Wildman–Crippen LogP) is 7.90. The number of fused-ring (bicyclic) bond motifs is 3. The fourth-order valence-corrected chi connectivity index (χ4v) is 16.6. The van der Waals surface area contributed by atoms with Crippen molar-refractivity contribution in [3.63, 3.8) is 0 Å². The highest BCUT2D eigenvalue weighted by Crippen LogP contribution is 2.66. The number of phosphoric acid groups is 3. The van der Waals surface area contributed by atoms with E-state index in [-0.39, 0.29) is 77.5 Å². The lowest BCUT2D eigenvalue weighted by Crippen LogP contribution is -2.48. The first-order valence-corrected chi connectivity index (χ1v) is 38.1. The maximum atomic E-state index is 13.4. The van der Waals surface area contributed by atoms with Crippen molar-refractivity contribution in [1.82, 2.24) is 30.2 Å². The summed E-state index contributed by atoms with van der Waals surface area (Å²) in [6, 6.07) is 9.61. The van der Waals surface area contributed by atoms with Gasteiger partial charge in [-0.1, -0.05) is 65.1 Å². The third-order valence-electron chi connectivity index (χ3n) is 14.8. The van der Waals surface area contributed by atoms with E-state index in [0.717, 1.165) is 63.7 Å². The predicted molar refractivity (Wildman–Crippen MR) is 343 cm³/mol. The molecule has 0 bridgehead atoms. The van der Waals surface area contributed by atoms with E-state index < -0.39 is 76.2 Å². The summed E-state index contributed by atoms with van der Waals surface area (Å²) in [6.07, 6.45) is 9.89. The van der Waals surface area contributed by atoms with Gasteiger partial charge in [0.2, 0.25) is 17.5 Å². The van der Waals surface area contributed by atoms with Crippen molar-refractivity contribution in [2.75, 3.05) is 67.8 Å². The van der Waals surface area contributed by atoms with Crippen molar-refractivity contribution >= 4 is 119 Å². The second-order valence-corrected chi connectivity index (χ2v) is 31.1. The van der Waals surface area contributed by atoms with Crippen LogP contribution in [0.15, 0.2) is 94.9 Å². The van der Waals surface area contributed by atoms with Crippen molar-refractivity contribution in [2.45, 2.75) is 125 Å². The van der Waals surface area contributed by atoms with Gasteiger partial charge < -0.3 is 54.4 Å². The molecule has 5 heterocycles. The highest BCUT2D eigenvalue weighted by Gasteiger charge is 2.46. The molecule has 3 amide bonds. The number of rotatable bonds is 36. The Labute approximate surface area is 548 Å². The Morgan fingerprint density at radius 3 is 2.41 bits per heavy atom. The van der Waals surface area contributed by atoms with Crippen LogP contribution in [-0.4, -0.2) is 166 Å². The zero-order valence-corrected chi connectivity index (χ0v) is 57.2. The highest BCUT2D eigenvalue weighted by atomic mass is 33.1. The number of amides is 3. The van der Waals surface area contributed by atoms with Gasteiger partial charge >= 0.3 is 29.6 Å². The fourth-order valence-electron chi connectivity index (χ4n) is 10.5. The minimum atomic E-state index is -5.78. The van der Waals surface area contributed by atoms with Crippen LogP contribution >= 0.6 is 57.1 Å². The number of carbonyl (C=O) groups excluding carboxylic acids is 3. The van der Waals surface area contributed by atoms with Gasteiger partial charge in [-0.25, -0.2) is 38.7 Å². The van der Waals surface area contributed by atoms with Crippen LogP contribution in [0.3, 0.4) is 0 Å². The molecule has 39 heteroatoms. The largest absolute Gasteiger partial charge is 0.490 e. The Morgan fingerprint density at radius 1 is 0.914 bits per heavy atom. The fraction of sp³-hybridized carbons (Fsp3) is 0.500. The molecule has 2 aromatic heterocycles. The molecule has 1 fully saturated rings. The van der Waals surface area contributed by atoms with Crippen molar-refractivity contribution in [3.05, 3.63) is 96.3 Å². The average Bonchev–Trinajstić information content (AvgIpc) is 1.61. The first-order chi connectivity index (χ1) is 43.9. The first kappa shape index (κ1) is 75.4. The summed E-state index contributed by atoms with van der Waals surface area (Å²) in [4.78, 5) is 91.6. The molecule has 3 aliphatic rings. The van der Waals surface area contributed by atoms with E-state index in [4.69, 9.17) is 29.3 Å². The van der Waals surface area contributed by atoms with Gasteiger partial charge in [-0.05, 0) is 88.9 Å². The maximum absolute atomic E-state index is 13.4. The van der Waals surface area contributed by atoms with Crippen LogP contribution in [0.2, 0.25) is 0 Å². The Kier molecular flexibility index (Phi) is 27.0. The van der Waals surface area contributed by atoms with Crippen LogP contribution in [0, 0.1) is 0 Å². The first-order valence-electron chi connectivity index (χ1n) is 28.9. The molecule has 93 heavy (non-hydrogen) atoms. The molecule has 0 spiro atoms. The summed E-state index contributed by atoms with van der Waals surface area (Å²) in [5, 5.41) is 31.3. The average molecular weight is 1440 g/mol. The third kappa shape index (κ3) is 20.8. The molecule has 4 aromatic rings. The second-order valence-electron chi connectivity index (χ2n) is 21.9. The Morgan fingerprint density at radius 2 is 1.69 bits per heavy atom. The van der Waals surface area contributed by atoms with E-state index in [1.165, 1.54) is 44.6 Å². The van der Waals surface area contributed by atoms with Crippen LogP contribution in [0.1, 0.15) is 97.4 Å². The number of benzene rings is 2. The minimum Gasteiger partial charge on any atom is -0.449 e. The van der Waals surface area contributed by atoms with Gasteiger partial charge in [-0.15, -0.1) is 4.33 Å². The van der Waals surface area contributed by atoms with Crippen LogP contribution in [0.4, 0.5) is 22.0 Å². The maximum Gasteiger partial charge on any atom is 0.490 e. The molecule has 512 valence electrons. The number of phosphoric ester groups is 1. The molecule has 3 aliphatic heterocycles. The monoisotopic (exact) mass is 1440 g/mol. The molecule has 0 saturated carbocycles. The number of carbonyl (C=O) groups is 3. The van der Waals surface area contributed by atoms with Crippen molar-refractivity contribution in [1.29, 1.82) is 0 Å². The van der Waals surface area contributed by atoms with Crippen molar-refractivity contribution in [2.24, 2.45) is 0 Å². The number of unbranched alkanes of at least 4 members (excludes halogenated alkanes) is 2. The molecule has 32 nitrogen and oxygen atoms in total. The van der Waals surface area contributed by atoms with E-state index in [2.05, 4.69) is 89.7 Å². The number of hydrogen-bond donors (Lipinski definition) is 10. The van der Waals surface area contributed by atoms with Crippen LogP contribution in [-0.2, 0) is 81.0 Å². The number of aliphatic hydroxyl groups is 1. The van der Waals surface area contributed by atoms with E-state index in [0.29, 0.717) is 44.6 Å². The quantitative estimate of drug-likeness (QED) is 0.00238. The number of imidazole rings is 1. The van der Waals surface area contributed by atoms with Crippen LogP contribution in [0.5, 0.6) is 0 Å². The lowest BCUT2D eigenvalue weighted by atomic mass is 9.81. The van der Waals surface area contributed by atoms with Gasteiger partial charge in [0.25, 0.3) is 10.1 Å². The van der Waals surface area contributed by atoms with E-state index in [9.17, 15) is 55.9 Å². The number of anilines is 2. The van der Waals surface area contributed by atoms with Gasteiger partial charge in [0.15, 0.2) is 22.7 Å². The van der Waals surface area contributed by atoms with Gasteiger partial charge in [0.1, 0.15) is 31.2 Å². The van der Waals surface area contributed by atoms with Gasteiger partial charge in [0.05, 0.1) is 54.6 Å². The van der Waals surface area contributed by atoms with E-state index in [1.54, 1.807) is 6.07 Å². The normalized spacial score (nSPS) is 19.9. The topological polar surface area (TPSA) is 438 Å². The minimum absolute atomic E-state index is 0.0179. The molecule has 10 N–H and O–H groups in total. The number of aliphatic hydroxyl groups excluding tert-OH is 1. The lowest BCUT2D eigenvalue weighted by molar-refractivity contribution is -0.433. The lowest BCUT2D eigenvalue weighted by Gasteiger charge is -2.27. The van der Waals surface area contributed by atoms with E-state index >= 15 is 0 Å². The van der Waals surface area contributed by atoms with Crippen LogP contribution < -0.4 is 20.9 Å². The standard InChI is InChI=1S/C54H74N9O23P3S4/c1-7-61-40-21-19-35(92-84-83-68)28-37(40)53(3,4)44(61)16-11-9-12-17-45-54(5,6)38-29-36(93(76,77)78)20-22-41(38)62(45)24-14-10-13-18-46(65)59-39(51(66)55-23-26-79-8-2)32-91-90-27-15-25-80-52(67)60-49-48-50(57-33-56-49)63(34-58-48)47-30-42(64)43(82-47)31-81-88(72,73)86-89(74,75)85-87(69,70)71/h9,11-12,16-17,19-22,28-29,33-34,39,42-43,47,64H,7-8,10,13-15,18,23-27,30-32H2,1-6H3,(H8-,55,56,57,59,60,65,66,67,68,69,70,71,72,73,74,75,76,77,78)/p+1/t39?,42-,43-,47-/m1/s1. The number of nitrogens with one attached hydrogen (secondary N) is 3. The third-order valence-corrected chi connectivity index (χ3v) is 22.5. The van der Waals surface area contributed by atoms with Crippen LogP contribution in [0.25, 0.3) is 11.2 Å². The summed E-state index contributed by atoms with van der Waals surface area (Å²) >= 11 is 0.902. The second kappa shape index (κ2) is 33.3. The number of aromatic nitrogens is 4. The van der Waals surface area contributed by atoms with E-state index in [1.807, 2.05) is 63.3 Å². The van der Waals surface area contributed by atoms with Gasteiger partial charge in [-0.2, -0.15) is 21.6 Å². The zero-order chi connectivity index (χ0) is 67.9. The summed E-state index contributed by atoms with van der Waals surface area (Å²) < 4.78 is 106. The molecule has 0 aliphatic carbocycles. The Balaban J connectivity index is 0.872. The van der Waals surface area contributed by atoms with Gasteiger partial charge in [0, 0.05) is 83.4 Å². The molecule has 7 rings (SSSR count). The molecular formula is C54H75N9O23P3S4+. The summed E-state index contributed by atoms with van der Waals surface area (Å²) in [6.45, 7) is 13.5. The number of nitrogens with zero attached hydrogens (tertiary/aromatic N) is 6. The number of hydrogen-bond acceptors (Lipinski definition) is 25. The molecule has 2 aromatic carbocycles. The Hall–Kier alpha value is -4.98. The smallest absolute Gasteiger partial charge is 0.449 e. The zero-order valence-electron chi connectivity index (χ0n) is 51.2. The number of ether oxygens (including phenoxy) is 3. The molecular weight excluding hydrogens is 1360 g/mol. The molecule has 1 saturated heterocycles. The summed E-state index contributed by atoms with van der Waals surface area (Å²) in [5.74, 6) is -0.0367. The number of allylic oxidation sites excluding steroid dienone is 6. The SMILES string of the molecule is CCOCCNC(=O)C(CSSCCCOC(=O)Nc1ncnc2c1ncn2[C@H]1C[C@@H](O)[C@@H](COP(=O)(O)OP(=O)(O)OP(=O)(O)O)O1)NC(=O)CCCCCN1/C(=C/C=C/C=C/C2=[N+](CC)c3ccc(SOOO)cc3C2(C)C)C(C)(C)c2cc(S(=O)(=O)O)ccc21. The highest BCUT2D eigenvalue weighted by molar-refractivity contribution is 8.76. The van der Waals surface area contributed by atoms with Crippen molar-refractivity contribution < 1.29 is 112 Å². The molecule has 0 radical (unpaired) electrons. The summed E-state index contributed by atoms with van der Waals surface area (Å²) in [5.41, 5.74) is 4.81. The van der Waals surface area contributed by atoms with Crippen molar-refractivity contribution in [3.8, 4) is 0 Å².